The van der Waals surface area contributed by atoms with Gasteiger partial charge >= 0.3 is 11.9 Å². The number of nitrogens with zero attached hydrogens (tertiary/aromatic N) is 2. The molecular weight excluding hydrogens is 1170 g/mol. The van der Waals surface area contributed by atoms with Crippen LogP contribution in [0.15, 0.2) is 148 Å². The van der Waals surface area contributed by atoms with Crippen molar-refractivity contribution in [3.8, 4) is 33.8 Å². The van der Waals surface area contributed by atoms with Crippen molar-refractivity contribution in [2.24, 2.45) is 0 Å². The second-order valence-corrected chi connectivity index (χ2v) is 26.2. The fourth-order valence-corrected chi connectivity index (χ4v) is 11.8. The highest BCUT2D eigenvalue weighted by Crippen LogP contribution is 2.26. The smallest absolute Gasteiger partial charge is 0.306 e. The zero-order valence-corrected chi connectivity index (χ0v) is 60.6. The van der Waals surface area contributed by atoms with E-state index in [-0.39, 0.29) is 12.4 Å². The zero-order chi connectivity index (χ0) is 68.5. The summed E-state index contributed by atoms with van der Waals surface area (Å²) in [5.74, 6) is 1.02. The molecule has 0 aliphatic carbocycles. The van der Waals surface area contributed by atoms with Crippen molar-refractivity contribution in [1.29, 1.82) is 0 Å². The number of carboxylic acid groups (broad SMARTS) is 1. The van der Waals surface area contributed by atoms with Crippen molar-refractivity contribution in [2.75, 3.05) is 65.7 Å². The maximum atomic E-state index is 12.3. The van der Waals surface area contributed by atoms with Crippen LogP contribution >= 0.6 is 0 Å². The highest BCUT2D eigenvalue weighted by molar-refractivity contribution is 5.70. The van der Waals surface area contributed by atoms with Gasteiger partial charge in [0, 0.05) is 45.6 Å². The van der Waals surface area contributed by atoms with Gasteiger partial charge in [0.25, 0.3) is 0 Å². The Hall–Kier alpha value is -5.74. The molecule has 2 N–H and O–H groups in total. The van der Waals surface area contributed by atoms with Gasteiger partial charge in [-0.15, -0.1) is 26.3 Å². The van der Waals surface area contributed by atoms with Gasteiger partial charge in [0.05, 0.1) is 19.8 Å². The summed E-state index contributed by atoms with van der Waals surface area (Å²) in [5.41, 5.74) is 6.85. The quantitative estimate of drug-likeness (QED) is 0.0254. The van der Waals surface area contributed by atoms with Gasteiger partial charge in [0.1, 0.15) is 11.5 Å². The number of carboxylic acids is 1. The number of aliphatic hydroxyl groups excluding tert-OH is 1. The lowest BCUT2D eigenvalue weighted by molar-refractivity contribution is -0.143. The Bertz CT molecular complexity index is 2400. The molecule has 0 atom stereocenters. The first kappa shape index (κ1) is 85.3. The maximum absolute atomic E-state index is 12.3. The number of carbonyl (C=O) groups is 2. The normalized spacial score (nSPS) is 11.0. The molecule has 4 rings (SSSR count). The summed E-state index contributed by atoms with van der Waals surface area (Å²) in [6.07, 6.45) is 56.2. The van der Waals surface area contributed by atoms with Gasteiger partial charge in [-0.2, -0.15) is 0 Å². The molecule has 0 aliphatic heterocycles. The summed E-state index contributed by atoms with van der Waals surface area (Å²) in [7, 11) is 0. The van der Waals surface area contributed by atoms with Gasteiger partial charge in [-0.3, -0.25) is 19.4 Å². The Morgan fingerprint density at radius 3 is 0.937 bits per heavy atom. The Kier molecular flexibility index (Phi) is 56.6. The van der Waals surface area contributed by atoms with Gasteiger partial charge in [-0.1, -0.05) is 304 Å². The molecule has 95 heavy (non-hydrogen) atoms. The van der Waals surface area contributed by atoms with Gasteiger partial charge in [-0.25, -0.2) is 0 Å². The molecule has 9 heteroatoms. The number of unbranched alkanes of at least 4 members (excludes halogenated alkanes) is 32. The average Bonchev–Trinajstić information content (AvgIpc) is 0.987. The first-order valence-electron chi connectivity index (χ1n) is 38.2. The number of carbonyl (C=O) groups excluding carboxylic acids is 1. The summed E-state index contributed by atoms with van der Waals surface area (Å²) in [4.78, 5) is 27.7. The van der Waals surface area contributed by atoms with E-state index in [0.717, 1.165) is 118 Å². The van der Waals surface area contributed by atoms with Crippen LogP contribution in [-0.4, -0.2) is 97.6 Å². The molecule has 0 aromatic heterocycles. The molecule has 0 fully saturated rings. The van der Waals surface area contributed by atoms with E-state index in [0.29, 0.717) is 32.5 Å². The Balaban J connectivity index is 0.000000541. The predicted molar refractivity (Wildman–Crippen MR) is 408 cm³/mol. The second-order valence-electron chi connectivity index (χ2n) is 26.2. The molecule has 532 valence electrons. The molecule has 0 heterocycles. The van der Waals surface area contributed by atoms with Crippen LogP contribution in [0.3, 0.4) is 0 Å². The highest BCUT2D eigenvalue weighted by atomic mass is 16.5. The van der Waals surface area contributed by atoms with Crippen LogP contribution in [0.4, 0.5) is 0 Å². The third-order valence-electron chi connectivity index (χ3n) is 17.6. The third-order valence-corrected chi connectivity index (χ3v) is 17.6. The molecular formula is C86H136N2O7. The summed E-state index contributed by atoms with van der Waals surface area (Å²) < 4.78 is 17.3. The lowest BCUT2D eigenvalue weighted by atomic mass is 10.0. The van der Waals surface area contributed by atoms with E-state index in [4.69, 9.17) is 24.4 Å². The second kappa shape index (κ2) is 63.0. The molecule has 4 aromatic rings. The van der Waals surface area contributed by atoms with Crippen LogP contribution in [0.2, 0.25) is 0 Å². The molecule has 0 aliphatic rings. The van der Waals surface area contributed by atoms with Crippen LogP contribution in [0, 0.1) is 0 Å². The number of aliphatic carboxylic acids is 1. The van der Waals surface area contributed by atoms with Crippen molar-refractivity contribution in [1.82, 2.24) is 9.80 Å². The van der Waals surface area contributed by atoms with E-state index in [1.165, 1.54) is 210 Å². The van der Waals surface area contributed by atoms with Gasteiger partial charge in [-0.05, 0) is 122 Å². The van der Waals surface area contributed by atoms with Gasteiger partial charge in [0.2, 0.25) is 0 Å². The van der Waals surface area contributed by atoms with E-state index in [2.05, 4.69) is 123 Å². The molecule has 0 amide bonds. The van der Waals surface area contributed by atoms with E-state index in [9.17, 15) is 9.59 Å². The minimum absolute atomic E-state index is 0.0909. The van der Waals surface area contributed by atoms with E-state index >= 15 is 0 Å². The lowest BCUT2D eigenvalue weighted by Gasteiger charge is -2.18. The van der Waals surface area contributed by atoms with Crippen LogP contribution < -0.4 is 9.47 Å². The van der Waals surface area contributed by atoms with Crippen LogP contribution in [0.1, 0.15) is 269 Å². The number of ether oxygens (including phenoxy) is 3. The van der Waals surface area contributed by atoms with Crippen molar-refractivity contribution in [3.05, 3.63) is 159 Å². The van der Waals surface area contributed by atoms with Crippen molar-refractivity contribution in [2.45, 2.75) is 271 Å². The Morgan fingerprint density at radius 1 is 0.358 bits per heavy atom. The summed E-state index contributed by atoms with van der Waals surface area (Å²) in [6.45, 7) is 28.4. The number of hydrogen-bond acceptors (Lipinski definition) is 8. The summed E-state index contributed by atoms with van der Waals surface area (Å²) in [6, 6.07) is 33.3. The monoisotopic (exact) mass is 1310 g/mol. The largest absolute Gasteiger partial charge is 0.494 e. The molecule has 4 aromatic carbocycles. The SMILES string of the molecule is C=CCN(CC=C)CCCCCCCCCCCO.C=CCN(CC=C)CCCCCCCCCCCOC(=O)CCc1ccc(-c2ccc(OCCCCCCCCCCC)cc2)cc1.CCCCCCCCCCCOc1ccc(-c2ccc(CCC(=O)O)cc2)cc1. The predicted octanol–water partition coefficient (Wildman–Crippen LogP) is 23.4. The zero-order valence-electron chi connectivity index (χ0n) is 60.6. The maximum Gasteiger partial charge on any atom is 0.306 e. The molecule has 0 bridgehead atoms. The van der Waals surface area contributed by atoms with Gasteiger partial charge in [0.15, 0.2) is 0 Å². The van der Waals surface area contributed by atoms with Crippen LogP contribution in [-0.2, 0) is 27.2 Å². The summed E-state index contributed by atoms with van der Waals surface area (Å²) in [5, 5.41) is 17.4. The van der Waals surface area contributed by atoms with E-state index in [1.807, 2.05) is 48.6 Å². The minimum Gasteiger partial charge on any atom is -0.494 e. The highest BCUT2D eigenvalue weighted by Gasteiger charge is 2.08. The van der Waals surface area contributed by atoms with Crippen LogP contribution in [0.25, 0.3) is 22.3 Å². The number of rotatable bonds is 61. The van der Waals surface area contributed by atoms with Crippen molar-refractivity contribution in [3.63, 3.8) is 0 Å². The molecule has 0 spiro atoms. The fourth-order valence-electron chi connectivity index (χ4n) is 11.8. The fraction of sp³-hybridized carbons (Fsp3) is 0.605. The first-order valence-corrected chi connectivity index (χ1v) is 38.2. The third kappa shape index (κ3) is 49.4. The van der Waals surface area contributed by atoms with Gasteiger partial charge < -0.3 is 24.4 Å². The van der Waals surface area contributed by atoms with E-state index in [1.54, 1.807) is 0 Å². The van der Waals surface area contributed by atoms with Crippen molar-refractivity contribution < 1.29 is 34.0 Å². The number of aryl methyl sites for hydroxylation is 2. The number of aliphatic hydroxyl groups is 1. The number of esters is 1. The number of hydrogen-bond donors (Lipinski definition) is 2. The molecule has 0 radical (unpaired) electrons. The topological polar surface area (TPSA) is 109 Å². The molecule has 9 nitrogen and oxygen atoms in total. The molecule has 0 saturated carbocycles. The summed E-state index contributed by atoms with van der Waals surface area (Å²) >= 11 is 0. The minimum atomic E-state index is -0.757. The molecule has 0 saturated heterocycles. The Morgan fingerprint density at radius 2 is 0.632 bits per heavy atom. The standard InChI is InChI=1S/C43H67NO3.C26H36O3.C17H33NO/c1-4-7-8-9-10-13-16-19-22-37-46-42-31-29-41(30-32-42)40-27-24-39(25-28-40)26-33-43(45)47-38-23-20-17-14-11-12-15-18-21-36-44(34-5-2)35-6-3;1-2-3-4-5-6-7-8-9-10-21-29-25-18-16-24(17-19-25)23-14-11-22(12-15-23)13-20-26(27)28;1-3-14-18(15-4-2)16-12-10-8-6-5-7-9-11-13-17-19/h5-6,24-25,27-32H,2-4,7-23,26,33-38H2,1H3;11-12,14-19H,2-10,13,20-21H2,1H3,(H,27,28);3-4,19H,1-2,5-17H2. The number of benzene rings is 4. The first-order chi connectivity index (χ1) is 46.7. The van der Waals surface area contributed by atoms with Crippen molar-refractivity contribution >= 4 is 11.9 Å². The molecule has 0 unspecified atom stereocenters. The average molecular weight is 1310 g/mol. The van der Waals surface area contributed by atoms with Crippen LogP contribution in [0.5, 0.6) is 11.5 Å². The van der Waals surface area contributed by atoms with E-state index < -0.39 is 5.97 Å². The Labute approximate surface area is 581 Å². The lowest BCUT2D eigenvalue weighted by Crippen LogP contribution is -2.24.